The molecule has 0 unspecified atom stereocenters. The Bertz CT molecular complexity index is 1500. The first-order valence-electron chi connectivity index (χ1n) is 10.5. The molecule has 1 aliphatic heterocycles. The number of pyridine rings is 2. The SMILES string of the molecule is COc1ccc2c3c(cnc2n1)NC(=O)CN3Cc1ccc(S(N)(=O)=O)c(Cn2cccc2)c1. The number of nitrogens with zero attached hydrogens (tertiary/aromatic N) is 4. The zero-order valence-corrected chi connectivity index (χ0v) is 19.1. The number of hydrogen-bond donors (Lipinski definition) is 2. The second-order valence-electron chi connectivity index (χ2n) is 7.99. The minimum Gasteiger partial charge on any atom is -0.481 e. The number of primary sulfonamides is 1. The number of aromatic nitrogens is 3. The number of rotatable bonds is 6. The third kappa shape index (κ3) is 4.18. The molecule has 4 aromatic rings. The molecule has 0 saturated heterocycles. The van der Waals surface area contributed by atoms with E-state index in [1.54, 1.807) is 18.3 Å². The molecule has 0 aliphatic carbocycles. The van der Waals surface area contributed by atoms with Gasteiger partial charge in [0.25, 0.3) is 0 Å². The van der Waals surface area contributed by atoms with Gasteiger partial charge in [-0.3, -0.25) is 4.79 Å². The van der Waals surface area contributed by atoms with Crippen LogP contribution in [-0.4, -0.2) is 42.5 Å². The standard InChI is InChI=1S/C23H22N6O4S/c1-33-21-7-5-17-22-18(11-25-23(17)27-21)26-20(30)14-29(22)12-15-4-6-19(34(24,31)32)16(10-15)13-28-8-2-3-9-28/h2-11H,12-14H2,1H3,(H,26,30)(H2,24,31,32). The molecule has 1 aliphatic rings. The lowest BCUT2D eigenvalue weighted by molar-refractivity contribution is -0.115. The van der Waals surface area contributed by atoms with Crippen LogP contribution < -0.4 is 20.1 Å². The summed E-state index contributed by atoms with van der Waals surface area (Å²) in [6.07, 6.45) is 5.28. The molecule has 0 saturated carbocycles. The predicted octanol–water partition coefficient (Wildman–Crippen LogP) is 2.09. The Labute approximate surface area is 196 Å². The quantitative estimate of drug-likeness (QED) is 0.434. The van der Waals surface area contributed by atoms with Crippen LogP contribution in [0.3, 0.4) is 0 Å². The lowest BCUT2D eigenvalue weighted by Gasteiger charge is -2.32. The van der Waals surface area contributed by atoms with Crippen LogP contribution in [0.2, 0.25) is 0 Å². The summed E-state index contributed by atoms with van der Waals surface area (Å²) in [5, 5.41) is 9.10. The first kappa shape index (κ1) is 21.9. The molecule has 174 valence electrons. The summed E-state index contributed by atoms with van der Waals surface area (Å²) in [6, 6.07) is 12.4. The molecule has 10 nitrogen and oxygen atoms in total. The lowest BCUT2D eigenvalue weighted by atomic mass is 10.1. The van der Waals surface area contributed by atoms with Crippen LogP contribution in [0.15, 0.2) is 66.0 Å². The van der Waals surface area contributed by atoms with Gasteiger partial charge in [0.05, 0.1) is 36.1 Å². The molecule has 11 heteroatoms. The molecular formula is C23H22N6O4S. The zero-order valence-electron chi connectivity index (χ0n) is 18.3. The molecule has 0 fully saturated rings. The molecule has 0 atom stereocenters. The fourth-order valence-corrected chi connectivity index (χ4v) is 4.94. The van der Waals surface area contributed by atoms with E-state index in [1.165, 1.54) is 13.2 Å². The van der Waals surface area contributed by atoms with Crippen LogP contribution >= 0.6 is 0 Å². The number of anilines is 2. The summed E-state index contributed by atoms with van der Waals surface area (Å²) in [5.41, 5.74) is 3.29. The van der Waals surface area contributed by atoms with E-state index >= 15 is 0 Å². The van der Waals surface area contributed by atoms with Crippen molar-refractivity contribution in [3.05, 3.63) is 72.2 Å². The van der Waals surface area contributed by atoms with Gasteiger partial charge in [-0.15, -0.1) is 0 Å². The highest BCUT2D eigenvalue weighted by atomic mass is 32.2. The van der Waals surface area contributed by atoms with Crippen molar-refractivity contribution in [1.29, 1.82) is 0 Å². The minimum absolute atomic E-state index is 0.0766. The molecule has 3 N–H and O–H groups in total. The number of methoxy groups -OCH3 is 1. The summed E-state index contributed by atoms with van der Waals surface area (Å²) < 4.78 is 31.4. The van der Waals surface area contributed by atoms with Crippen molar-refractivity contribution in [3.8, 4) is 5.88 Å². The van der Waals surface area contributed by atoms with Gasteiger partial charge < -0.3 is 19.5 Å². The van der Waals surface area contributed by atoms with E-state index < -0.39 is 10.0 Å². The van der Waals surface area contributed by atoms with Crippen molar-refractivity contribution in [3.63, 3.8) is 0 Å². The molecule has 3 aromatic heterocycles. The number of carbonyl (C=O) groups is 1. The second kappa shape index (κ2) is 8.43. The maximum atomic E-state index is 12.4. The summed E-state index contributed by atoms with van der Waals surface area (Å²) in [5.74, 6) is 0.281. The third-order valence-corrected chi connectivity index (χ3v) is 6.64. The molecule has 0 spiro atoms. The van der Waals surface area contributed by atoms with Gasteiger partial charge in [0.15, 0.2) is 5.65 Å². The van der Waals surface area contributed by atoms with E-state index in [9.17, 15) is 13.2 Å². The zero-order chi connectivity index (χ0) is 23.9. The van der Waals surface area contributed by atoms with Crippen LogP contribution in [0, 0.1) is 0 Å². The van der Waals surface area contributed by atoms with Crippen LogP contribution in [-0.2, 0) is 27.9 Å². The monoisotopic (exact) mass is 478 g/mol. The summed E-state index contributed by atoms with van der Waals surface area (Å²) >= 11 is 0. The number of fused-ring (bicyclic) bond motifs is 3. The smallest absolute Gasteiger partial charge is 0.244 e. The van der Waals surface area contributed by atoms with Crippen molar-refractivity contribution in [2.75, 3.05) is 23.9 Å². The number of benzene rings is 1. The van der Waals surface area contributed by atoms with Crippen LogP contribution in [0.25, 0.3) is 11.0 Å². The molecule has 4 heterocycles. The highest BCUT2D eigenvalue weighted by Crippen LogP contribution is 2.37. The molecule has 0 radical (unpaired) electrons. The second-order valence-corrected chi connectivity index (χ2v) is 9.52. The van der Waals surface area contributed by atoms with E-state index in [1.807, 2.05) is 46.1 Å². The minimum atomic E-state index is -3.90. The molecular weight excluding hydrogens is 456 g/mol. The maximum absolute atomic E-state index is 12.4. The lowest BCUT2D eigenvalue weighted by Crippen LogP contribution is -2.38. The topological polar surface area (TPSA) is 132 Å². The Morgan fingerprint density at radius 2 is 1.94 bits per heavy atom. The Balaban J connectivity index is 1.56. The maximum Gasteiger partial charge on any atom is 0.244 e. The molecule has 1 amide bonds. The Morgan fingerprint density at radius 1 is 1.15 bits per heavy atom. The Morgan fingerprint density at radius 3 is 2.68 bits per heavy atom. The first-order valence-corrected chi connectivity index (χ1v) is 12.0. The molecule has 34 heavy (non-hydrogen) atoms. The van der Waals surface area contributed by atoms with Crippen LogP contribution in [0.4, 0.5) is 11.4 Å². The first-order chi connectivity index (χ1) is 16.3. The van der Waals surface area contributed by atoms with Gasteiger partial charge in [-0.2, -0.15) is 4.98 Å². The van der Waals surface area contributed by atoms with Gasteiger partial charge in [0.1, 0.15) is 0 Å². The van der Waals surface area contributed by atoms with Gasteiger partial charge in [-0.1, -0.05) is 12.1 Å². The van der Waals surface area contributed by atoms with Crippen LogP contribution in [0.1, 0.15) is 11.1 Å². The Kier molecular flexibility index (Phi) is 5.42. The van der Waals surface area contributed by atoms with E-state index in [2.05, 4.69) is 15.3 Å². The average Bonchev–Trinajstić information content (AvgIpc) is 3.30. The summed E-state index contributed by atoms with van der Waals surface area (Å²) in [7, 11) is -2.36. The number of nitrogens with one attached hydrogen (secondary N) is 1. The fraction of sp³-hybridized carbons (Fsp3) is 0.174. The summed E-state index contributed by atoms with van der Waals surface area (Å²) in [4.78, 5) is 23.2. The van der Waals surface area contributed by atoms with E-state index in [0.717, 1.165) is 16.6 Å². The predicted molar refractivity (Wildman–Crippen MR) is 127 cm³/mol. The number of nitrogens with two attached hydrogens (primary N) is 1. The molecule has 5 rings (SSSR count). The number of hydrogen-bond acceptors (Lipinski definition) is 7. The third-order valence-electron chi connectivity index (χ3n) is 5.63. The molecule has 0 bridgehead atoms. The van der Waals surface area contributed by atoms with E-state index in [4.69, 9.17) is 9.88 Å². The van der Waals surface area contributed by atoms with Gasteiger partial charge in [-0.25, -0.2) is 18.5 Å². The van der Waals surface area contributed by atoms with E-state index in [-0.39, 0.29) is 17.3 Å². The van der Waals surface area contributed by atoms with Crippen molar-refractivity contribution in [2.24, 2.45) is 5.14 Å². The fourth-order valence-electron chi connectivity index (χ4n) is 4.19. The van der Waals surface area contributed by atoms with Gasteiger partial charge >= 0.3 is 0 Å². The number of ether oxygens (including phenoxy) is 1. The van der Waals surface area contributed by atoms with Crippen LogP contribution in [0.5, 0.6) is 5.88 Å². The van der Waals surface area contributed by atoms with Crippen molar-refractivity contribution < 1.29 is 17.9 Å². The van der Waals surface area contributed by atoms with Gasteiger partial charge in [0.2, 0.25) is 21.8 Å². The van der Waals surface area contributed by atoms with Crippen molar-refractivity contribution >= 4 is 38.3 Å². The average molecular weight is 479 g/mol. The largest absolute Gasteiger partial charge is 0.481 e. The number of carbonyl (C=O) groups excluding carboxylic acids is 1. The van der Waals surface area contributed by atoms with Crippen molar-refractivity contribution in [2.45, 2.75) is 18.0 Å². The number of amides is 1. The normalized spacial score (nSPS) is 13.6. The van der Waals surface area contributed by atoms with E-state index in [0.29, 0.717) is 35.9 Å². The van der Waals surface area contributed by atoms with Crippen molar-refractivity contribution in [1.82, 2.24) is 14.5 Å². The Hall–Kier alpha value is -3.96. The van der Waals surface area contributed by atoms with Gasteiger partial charge in [-0.05, 0) is 35.4 Å². The summed E-state index contributed by atoms with van der Waals surface area (Å²) in [6.45, 7) is 0.845. The molecule has 1 aromatic carbocycles. The highest BCUT2D eigenvalue weighted by molar-refractivity contribution is 7.89. The highest BCUT2D eigenvalue weighted by Gasteiger charge is 2.26. The van der Waals surface area contributed by atoms with Gasteiger partial charge in [0, 0.05) is 36.9 Å². The number of sulfonamides is 1.